The zero-order valence-corrected chi connectivity index (χ0v) is 9.78. The van der Waals surface area contributed by atoms with E-state index in [2.05, 4.69) is 0 Å². The highest BCUT2D eigenvalue weighted by atomic mass is 16.5. The van der Waals surface area contributed by atoms with Crippen molar-refractivity contribution < 1.29 is 19.3 Å². The quantitative estimate of drug-likeness (QED) is 0.636. The summed E-state index contributed by atoms with van der Waals surface area (Å²) < 4.78 is 14.5. The number of aliphatic hydroxyl groups is 1. The second kappa shape index (κ2) is 15.3. The summed E-state index contributed by atoms with van der Waals surface area (Å²) in [6.07, 6.45) is 1.25. The van der Waals surface area contributed by atoms with E-state index >= 15 is 0 Å². The van der Waals surface area contributed by atoms with Crippen molar-refractivity contribution in [3.8, 4) is 0 Å². The Balaban J connectivity index is 0. The van der Waals surface area contributed by atoms with Crippen molar-refractivity contribution in [2.75, 3.05) is 40.6 Å². The zero-order chi connectivity index (χ0) is 11.2. The van der Waals surface area contributed by atoms with Crippen LogP contribution in [0.4, 0.5) is 0 Å². The maximum absolute atomic E-state index is 8.17. The fourth-order valence-electron chi connectivity index (χ4n) is 0.614. The van der Waals surface area contributed by atoms with Crippen molar-refractivity contribution in [3.05, 3.63) is 0 Å². The second-order valence-corrected chi connectivity index (χ2v) is 2.84. The van der Waals surface area contributed by atoms with E-state index in [1.807, 2.05) is 13.8 Å². The average Bonchev–Trinajstić information content (AvgIpc) is 2.20. The monoisotopic (exact) mass is 208 g/mol. The molecule has 0 aromatic rings. The summed E-state index contributed by atoms with van der Waals surface area (Å²) in [7, 11) is 3.33. The molecule has 0 spiro atoms. The highest BCUT2D eigenvalue weighted by Gasteiger charge is 1.93. The van der Waals surface area contributed by atoms with Gasteiger partial charge in [-0.2, -0.15) is 0 Å². The molecule has 14 heavy (non-hydrogen) atoms. The van der Waals surface area contributed by atoms with Gasteiger partial charge in [0, 0.05) is 20.8 Å². The van der Waals surface area contributed by atoms with E-state index in [0.717, 1.165) is 13.0 Å². The van der Waals surface area contributed by atoms with E-state index in [0.29, 0.717) is 13.2 Å². The minimum absolute atomic E-state index is 0.139. The molecular formula is C10H24O4. The molecule has 1 unspecified atom stereocenters. The highest BCUT2D eigenvalue weighted by molar-refractivity contribution is 4.41. The van der Waals surface area contributed by atoms with Gasteiger partial charge in [-0.3, -0.25) is 0 Å². The third-order valence-corrected chi connectivity index (χ3v) is 1.39. The van der Waals surface area contributed by atoms with Crippen molar-refractivity contribution in [2.45, 2.75) is 26.4 Å². The van der Waals surface area contributed by atoms with Gasteiger partial charge in [0.2, 0.25) is 0 Å². The lowest BCUT2D eigenvalue weighted by atomic mass is 10.4. The first-order chi connectivity index (χ1) is 6.72. The van der Waals surface area contributed by atoms with Crippen LogP contribution < -0.4 is 0 Å². The fraction of sp³-hybridized carbons (Fsp3) is 1.00. The standard InChI is InChI=1S/2C5H12O2/c1-5(7-3)4-6-2;1-2-4-7-5-3-6/h5H,4H2,1-3H3;6H,2-5H2,1H3. The fourth-order valence-corrected chi connectivity index (χ4v) is 0.614. The van der Waals surface area contributed by atoms with Gasteiger partial charge in [-0.15, -0.1) is 0 Å². The van der Waals surface area contributed by atoms with Gasteiger partial charge in [-0.25, -0.2) is 0 Å². The van der Waals surface area contributed by atoms with Gasteiger partial charge in [0.1, 0.15) is 0 Å². The van der Waals surface area contributed by atoms with E-state index in [4.69, 9.17) is 19.3 Å². The van der Waals surface area contributed by atoms with Crippen LogP contribution in [0.2, 0.25) is 0 Å². The summed E-state index contributed by atoms with van der Waals surface area (Å²) >= 11 is 0. The molecule has 0 amide bonds. The minimum atomic E-state index is 0.139. The van der Waals surface area contributed by atoms with E-state index in [1.54, 1.807) is 14.2 Å². The van der Waals surface area contributed by atoms with E-state index < -0.39 is 0 Å². The van der Waals surface area contributed by atoms with Crippen LogP contribution >= 0.6 is 0 Å². The predicted octanol–water partition coefficient (Wildman–Crippen LogP) is 1.07. The normalized spacial score (nSPS) is 11.8. The number of hydrogen-bond acceptors (Lipinski definition) is 4. The molecule has 0 saturated carbocycles. The van der Waals surface area contributed by atoms with Gasteiger partial charge >= 0.3 is 0 Å². The van der Waals surface area contributed by atoms with Gasteiger partial charge in [-0.05, 0) is 13.3 Å². The first-order valence-corrected chi connectivity index (χ1v) is 4.93. The van der Waals surface area contributed by atoms with Crippen molar-refractivity contribution in [3.63, 3.8) is 0 Å². The Morgan fingerprint density at radius 2 is 1.86 bits per heavy atom. The number of aliphatic hydroxyl groups excluding tert-OH is 1. The molecule has 88 valence electrons. The molecule has 0 saturated heterocycles. The SMILES string of the molecule is CCCOCCO.COCC(C)OC. The summed E-state index contributed by atoms with van der Waals surface area (Å²) in [4.78, 5) is 0. The maximum Gasteiger partial charge on any atom is 0.0776 e. The van der Waals surface area contributed by atoms with Gasteiger partial charge in [0.25, 0.3) is 0 Å². The number of ether oxygens (including phenoxy) is 3. The number of hydrogen-bond donors (Lipinski definition) is 1. The molecule has 4 nitrogen and oxygen atoms in total. The molecule has 0 aliphatic rings. The Morgan fingerprint density at radius 3 is 2.14 bits per heavy atom. The molecule has 0 aliphatic heterocycles. The molecule has 0 fully saturated rings. The van der Waals surface area contributed by atoms with Crippen molar-refractivity contribution in [1.82, 2.24) is 0 Å². The summed E-state index contributed by atoms with van der Waals surface area (Å²) in [6.45, 7) is 6.06. The van der Waals surface area contributed by atoms with Crippen LogP contribution in [0.25, 0.3) is 0 Å². The molecule has 4 heteroatoms. The van der Waals surface area contributed by atoms with E-state index in [9.17, 15) is 0 Å². The topological polar surface area (TPSA) is 47.9 Å². The zero-order valence-electron chi connectivity index (χ0n) is 9.78. The van der Waals surface area contributed by atoms with Crippen LogP contribution in [0.1, 0.15) is 20.3 Å². The van der Waals surface area contributed by atoms with Crippen LogP contribution in [0.5, 0.6) is 0 Å². The summed E-state index contributed by atoms with van der Waals surface area (Å²) in [6, 6.07) is 0. The van der Waals surface area contributed by atoms with Gasteiger partial charge in [-0.1, -0.05) is 6.92 Å². The molecule has 0 aliphatic carbocycles. The van der Waals surface area contributed by atoms with Gasteiger partial charge in [0.15, 0.2) is 0 Å². The molecule has 0 radical (unpaired) electrons. The summed E-state index contributed by atoms with van der Waals surface area (Å²) in [5.74, 6) is 0. The molecule has 0 bridgehead atoms. The Kier molecular flexibility index (Phi) is 17.8. The van der Waals surface area contributed by atoms with E-state index in [-0.39, 0.29) is 12.7 Å². The summed E-state index contributed by atoms with van der Waals surface area (Å²) in [5, 5.41) is 8.17. The van der Waals surface area contributed by atoms with Crippen LogP contribution in [0, 0.1) is 0 Å². The smallest absolute Gasteiger partial charge is 0.0776 e. The molecule has 1 atom stereocenters. The lowest BCUT2D eigenvalue weighted by Crippen LogP contribution is -2.11. The molecule has 0 aromatic heterocycles. The first-order valence-electron chi connectivity index (χ1n) is 4.93. The Bertz CT molecular complexity index is 84.2. The highest BCUT2D eigenvalue weighted by Crippen LogP contribution is 1.84. The molecule has 1 N–H and O–H groups in total. The third kappa shape index (κ3) is 17.8. The van der Waals surface area contributed by atoms with Gasteiger partial charge in [0.05, 0.1) is 25.9 Å². The van der Waals surface area contributed by atoms with Gasteiger partial charge < -0.3 is 19.3 Å². The maximum atomic E-state index is 8.17. The largest absolute Gasteiger partial charge is 0.394 e. The third-order valence-electron chi connectivity index (χ3n) is 1.39. The van der Waals surface area contributed by atoms with Crippen molar-refractivity contribution in [2.24, 2.45) is 0 Å². The second-order valence-electron chi connectivity index (χ2n) is 2.84. The Hall–Kier alpha value is -0.160. The van der Waals surface area contributed by atoms with Crippen molar-refractivity contribution in [1.29, 1.82) is 0 Å². The average molecular weight is 208 g/mol. The van der Waals surface area contributed by atoms with Crippen molar-refractivity contribution >= 4 is 0 Å². The predicted molar refractivity (Wildman–Crippen MR) is 56.5 cm³/mol. The Labute approximate surface area is 87.2 Å². The lowest BCUT2D eigenvalue weighted by Gasteiger charge is -2.05. The molecular weight excluding hydrogens is 184 g/mol. The number of methoxy groups -OCH3 is 2. The minimum Gasteiger partial charge on any atom is -0.394 e. The van der Waals surface area contributed by atoms with Crippen LogP contribution in [0.15, 0.2) is 0 Å². The van der Waals surface area contributed by atoms with E-state index in [1.165, 1.54) is 0 Å². The van der Waals surface area contributed by atoms with Crippen LogP contribution in [0.3, 0.4) is 0 Å². The number of rotatable bonds is 7. The lowest BCUT2D eigenvalue weighted by molar-refractivity contribution is 0.0401. The van der Waals surface area contributed by atoms with Crippen LogP contribution in [-0.2, 0) is 14.2 Å². The summed E-state index contributed by atoms with van der Waals surface area (Å²) in [5.41, 5.74) is 0. The molecule has 0 aromatic carbocycles. The van der Waals surface area contributed by atoms with Crippen LogP contribution in [-0.4, -0.2) is 51.9 Å². The Morgan fingerprint density at radius 1 is 1.21 bits per heavy atom. The first kappa shape index (κ1) is 16.3. The molecule has 0 rings (SSSR count). The molecule has 0 heterocycles.